The highest BCUT2D eigenvalue weighted by Crippen LogP contribution is 2.25. The van der Waals surface area contributed by atoms with Gasteiger partial charge in [-0.2, -0.15) is 0 Å². The lowest BCUT2D eigenvalue weighted by Gasteiger charge is -2.35. The van der Waals surface area contributed by atoms with E-state index in [4.69, 9.17) is 14.6 Å². The van der Waals surface area contributed by atoms with E-state index < -0.39 is 11.9 Å². The second-order valence-electron chi connectivity index (χ2n) is 5.84. The van der Waals surface area contributed by atoms with Gasteiger partial charge in [-0.05, 0) is 32.1 Å². The number of ether oxygens (including phenoxy) is 2. The van der Waals surface area contributed by atoms with Gasteiger partial charge >= 0.3 is 5.97 Å². The molecule has 0 aromatic carbocycles. The van der Waals surface area contributed by atoms with Gasteiger partial charge in [0.2, 0.25) is 5.91 Å². The van der Waals surface area contributed by atoms with Crippen LogP contribution in [-0.4, -0.2) is 60.9 Å². The first-order valence-electron chi connectivity index (χ1n) is 7.81. The van der Waals surface area contributed by atoms with Gasteiger partial charge in [-0.15, -0.1) is 0 Å². The first-order valence-corrected chi connectivity index (χ1v) is 7.81. The minimum atomic E-state index is -0.800. The predicted octanol–water partition coefficient (Wildman–Crippen LogP) is 1.14. The van der Waals surface area contributed by atoms with Gasteiger partial charge in [0.15, 0.2) is 0 Å². The molecule has 21 heavy (non-hydrogen) atoms. The summed E-state index contributed by atoms with van der Waals surface area (Å²) < 4.78 is 11.1. The zero-order valence-corrected chi connectivity index (χ0v) is 12.6. The Morgan fingerprint density at radius 3 is 2.90 bits per heavy atom. The second-order valence-corrected chi connectivity index (χ2v) is 5.84. The quantitative estimate of drug-likeness (QED) is 0.824. The Labute approximate surface area is 125 Å². The molecule has 1 amide bonds. The van der Waals surface area contributed by atoms with Crippen molar-refractivity contribution in [1.29, 1.82) is 0 Å². The molecule has 6 heteroatoms. The van der Waals surface area contributed by atoms with Crippen LogP contribution < -0.4 is 0 Å². The molecule has 1 N–H and O–H groups in total. The number of carbonyl (C=O) groups is 2. The minimum Gasteiger partial charge on any atom is -0.481 e. The van der Waals surface area contributed by atoms with E-state index in [1.165, 1.54) is 0 Å². The molecular weight excluding hydrogens is 274 g/mol. The molecule has 0 radical (unpaired) electrons. The van der Waals surface area contributed by atoms with Gasteiger partial charge in [-0.3, -0.25) is 9.59 Å². The average Bonchev–Trinajstić information content (AvgIpc) is 2.49. The first-order chi connectivity index (χ1) is 10.1. The van der Waals surface area contributed by atoms with Crippen LogP contribution in [-0.2, 0) is 19.1 Å². The number of hydrogen-bond donors (Lipinski definition) is 1. The van der Waals surface area contributed by atoms with Crippen LogP contribution in [0.25, 0.3) is 0 Å². The highest BCUT2D eigenvalue weighted by molar-refractivity contribution is 5.78. The van der Waals surface area contributed by atoms with Gasteiger partial charge in [0.25, 0.3) is 0 Å². The number of carboxylic acid groups (broad SMARTS) is 1. The number of likely N-dealkylation sites (tertiary alicyclic amines) is 1. The third-order valence-electron chi connectivity index (χ3n) is 4.38. The maximum Gasteiger partial charge on any atom is 0.308 e. The lowest BCUT2D eigenvalue weighted by atomic mass is 9.91. The maximum absolute atomic E-state index is 12.4. The Kier molecular flexibility index (Phi) is 5.99. The molecule has 0 saturated carbocycles. The summed E-state index contributed by atoms with van der Waals surface area (Å²) in [6, 6.07) is 0. The summed E-state index contributed by atoms with van der Waals surface area (Å²) in [6.45, 7) is 4.78. The number of piperidine rings is 1. The normalized spacial score (nSPS) is 30.1. The zero-order valence-electron chi connectivity index (χ0n) is 12.6. The van der Waals surface area contributed by atoms with Gasteiger partial charge in [-0.1, -0.05) is 0 Å². The van der Waals surface area contributed by atoms with Crippen molar-refractivity contribution in [2.75, 3.05) is 32.9 Å². The number of aliphatic carboxylic acids is 1. The lowest BCUT2D eigenvalue weighted by molar-refractivity contribution is -0.147. The molecule has 3 unspecified atom stereocenters. The van der Waals surface area contributed by atoms with Crippen LogP contribution in [0.15, 0.2) is 0 Å². The molecule has 6 nitrogen and oxygen atoms in total. The third kappa shape index (κ3) is 4.41. The molecule has 0 aliphatic carbocycles. The van der Waals surface area contributed by atoms with Crippen LogP contribution in [0.1, 0.15) is 32.6 Å². The summed E-state index contributed by atoms with van der Waals surface area (Å²) in [6.07, 6.45) is 2.67. The van der Waals surface area contributed by atoms with Crippen molar-refractivity contribution in [3.8, 4) is 0 Å². The van der Waals surface area contributed by atoms with Gasteiger partial charge < -0.3 is 19.5 Å². The van der Waals surface area contributed by atoms with E-state index in [0.29, 0.717) is 45.8 Å². The van der Waals surface area contributed by atoms with Crippen molar-refractivity contribution in [2.24, 2.45) is 11.8 Å². The van der Waals surface area contributed by atoms with E-state index in [9.17, 15) is 9.59 Å². The van der Waals surface area contributed by atoms with Crippen molar-refractivity contribution in [2.45, 2.75) is 38.7 Å². The highest BCUT2D eigenvalue weighted by Gasteiger charge is 2.32. The molecular formula is C15H25NO5. The minimum absolute atomic E-state index is 0.0206. The first kappa shape index (κ1) is 16.2. The maximum atomic E-state index is 12.4. The average molecular weight is 299 g/mol. The third-order valence-corrected chi connectivity index (χ3v) is 4.38. The summed E-state index contributed by atoms with van der Waals surface area (Å²) in [5.41, 5.74) is 0. The Hall–Kier alpha value is -1.14. The smallest absolute Gasteiger partial charge is 0.308 e. The van der Waals surface area contributed by atoms with Crippen molar-refractivity contribution in [3.05, 3.63) is 0 Å². The standard InChI is InChI=1S/C15H25NO5/c1-2-21-13-10-20-7-5-11(13)8-14(17)16-6-3-4-12(9-16)15(18)19/h11-13H,2-10H2,1H3,(H,18,19). The number of rotatable bonds is 5. The zero-order chi connectivity index (χ0) is 15.2. The van der Waals surface area contributed by atoms with E-state index >= 15 is 0 Å². The Bertz CT molecular complexity index is 371. The fourth-order valence-electron chi connectivity index (χ4n) is 3.15. The van der Waals surface area contributed by atoms with E-state index in [1.807, 2.05) is 6.92 Å². The number of nitrogens with zero attached hydrogens (tertiary/aromatic N) is 1. The van der Waals surface area contributed by atoms with Gasteiger partial charge in [0.05, 0.1) is 18.6 Å². The molecule has 2 saturated heterocycles. The van der Waals surface area contributed by atoms with Crippen LogP contribution >= 0.6 is 0 Å². The van der Waals surface area contributed by atoms with Gasteiger partial charge in [-0.25, -0.2) is 0 Å². The Morgan fingerprint density at radius 1 is 1.38 bits per heavy atom. The van der Waals surface area contributed by atoms with Crippen LogP contribution in [0.5, 0.6) is 0 Å². The predicted molar refractivity (Wildman–Crippen MR) is 75.9 cm³/mol. The van der Waals surface area contributed by atoms with E-state index in [0.717, 1.165) is 12.8 Å². The molecule has 2 aliphatic rings. The largest absolute Gasteiger partial charge is 0.481 e. The SMILES string of the molecule is CCOC1COCCC1CC(=O)N1CCCC(C(=O)O)C1. The topological polar surface area (TPSA) is 76.1 Å². The fourth-order valence-corrected chi connectivity index (χ4v) is 3.15. The van der Waals surface area contributed by atoms with E-state index in [1.54, 1.807) is 4.90 Å². The summed E-state index contributed by atoms with van der Waals surface area (Å²) in [7, 11) is 0. The Balaban J connectivity index is 1.88. The molecule has 0 aromatic heterocycles. The molecule has 2 rings (SSSR count). The van der Waals surface area contributed by atoms with E-state index in [2.05, 4.69) is 0 Å². The summed E-state index contributed by atoms with van der Waals surface area (Å²) in [5, 5.41) is 9.10. The molecule has 2 aliphatic heterocycles. The molecule has 2 heterocycles. The van der Waals surface area contributed by atoms with Crippen LogP contribution in [0, 0.1) is 11.8 Å². The van der Waals surface area contributed by atoms with Gasteiger partial charge in [0.1, 0.15) is 0 Å². The molecule has 0 bridgehead atoms. The van der Waals surface area contributed by atoms with Crippen LogP contribution in [0.2, 0.25) is 0 Å². The molecule has 0 spiro atoms. The molecule has 0 aromatic rings. The molecule has 3 atom stereocenters. The molecule has 2 fully saturated rings. The highest BCUT2D eigenvalue weighted by atomic mass is 16.5. The fraction of sp³-hybridized carbons (Fsp3) is 0.867. The van der Waals surface area contributed by atoms with E-state index in [-0.39, 0.29) is 17.9 Å². The van der Waals surface area contributed by atoms with Crippen molar-refractivity contribution < 1.29 is 24.2 Å². The summed E-state index contributed by atoms with van der Waals surface area (Å²) in [5.74, 6) is -0.986. The Morgan fingerprint density at radius 2 is 2.19 bits per heavy atom. The molecule has 120 valence electrons. The number of amides is 1. The number of carbonyl (C=O) groups excluding carboxylic acids is 1. The van der Waals surface area contributed by atoms with Gasteiger partial charge in [0, 0.05) is 32.7 Å². The lowest BCUT2D eigenvalue weighted by Crippen LogP contribution is -2.44. The van der Waals surface area contributed by atoms with Crippen molar-refractivity contribution in [3.63, 3.8) is 0 Å². The number of carboxylic acids is 1. The summed E-state index contributed by atoms with van der Waals surface area (Å²) >= 11 is 0. The monoisotopic (exact) mass is 299 g/mol. The van der Waals surface area contributed by atoms with Crippen LogP contribution in [0.3, 0.4) is 0 Å². The van der Waals surface area contributed by atoms with Crippen molar-refractivity contribution >= 4 is 11.9 Å². The van der Waals surface area contributed by atoms with Crippen molar-refractivity contribution in [1.82, 2.24) is 4.90 Å². The number of hydrogen-bond acceptors (Lipinski definition) is 4. The second kappa shape index (κ2) is 7.75. The summed E-state index contributed by atoms with van der Waals surface area (Å²) in [4.78, 5) is 25.2. The van der Waals surface area contributed by atoms with Crippen LogP contribution in [0.4, 0.5) is 0 Å².